The highest BCUT2D eigenvalue weighted by atomic mass is 14.9. The molecule has 0 aliphatic heterocycles. The van der Waals surface area contributed by atoms with Crippen molar-refractivity contribution >= 4 is 0 Å². The number of aryl methyl sites for hydroxylation is 1. The van der Waals surface area contributed by atoms with Crippen LogP contribution in [-0.2, 0) is 0 Å². The van der Waals surface area contributed by atoms with Crippen LogP contribution in [0.15, 0.2) is 24.3 Å². The Bertz CT molecular complexity index is 348. The summed E-state index contributed by atoms with van der Waals surface area (Å²) in [4.78, 5) is 0. The maximum absolute atomic E-state index is 3.73. The van der Waals surface area contributed by atoms with Crippen molar-refractivity contribution in [3.8, 4) is 0 Å². The van der Waals surface area contributed by atoms with E-state index in [-0.39, 0.29) is 0 Å². The summed E-state index contributed by atoms with van der Waals surface area (Å²) in [6.07, 6.45) is 9.85. The van der Waals surface area contributed by atoms with E-state index in [1.54, 1.807) is 0 Å². The third-order valence-electron chi connectivity index (χ3n) is 4.54. The van der Waals surface area contributed by atoms with Crippen molar-refractivity contribution in [1.29, 1.82) is 0 Å². The number of nitrogens with one attached hydrogen (secondary N) is 1. The number of benzene rings is 1. The molecule has 0 amide bonds. The highest BCUT2D eigenvalue weighted by molar-refractivity contribution is 5.23. The molecular weight excluding hydrogens is 230 g/mol. The SMILES string of the molecule is CCC(NCCCC1CCCC1)c1ccc(C)cc1. The molecule has 1 atom stereocenters. The Balaban J connectivity index is 1.71. The average Bonchev–Trinajstić information content (AvgIpc) is 2.93. The van der Waals surface area contributed by atoms with Gasteiger partial charge in [0.05, 0.1) is 0 Å². The van der Waals surface area contributed by atoms with E-state index in [1.165, 1.54) is 62.6 Å². The van der Waals surface area contributed by atoms with Crippen molar-refractivity contribution in [2.45, 2.75) is 64.8 Å². The van der Waals surface area contributed by atoms with Crippen molar-refractivity contribution in [1.82, 2.24) is 5.32 Å². The first-order valence-corrected chi connectivity index (χ1v) is 8.09. The largest absolute Gasteiger partial charge is 0.310 e. The van der Waals surface area contributed by atoms with Gasteiger partial charge in [-0.15, -0.1) is 0 Å². The van der Waals surface area contributed by atoms with E-state index >= 15 is 0 Å². The lowest BCUT2D eigenvalue weighted by Crippen LogP contribution is -2.22. The van der Waals surface area contributed by atoms with E-state index in [4.69, 9.17) is 0 Å². The summed E-state index contributed by atoms with van der Waals surface area (Å²) in [7, 11) is 0. The Morgan fingerprint density at radius 1 is 1.16 bits per heavy atom. The van der Waals surface area contributed by atoms with Crippen LogP contribution in [0.2, 0.25) is 0 Å². The van der Waals surface area contributed by atoms with Crippen molar-refractivity contribution in [2.75, 3.05) is 6.54 Å². The van der Waals surface area contributed by atoms with E-state index < -0.39 is 0 Å². The maximum atomic E-state index is 3.73. The lowest BCUT2D eigenvalue weighted by molar-refractivity contribution is 0.444. The van der Waals surface area contributed by atoms with E-state index in [0.29, 0.717) is 6.04 Å². The van der Waals surface area contributed by atoms with Gasteiger partial charge in [-0.3, -0.25) is 0 Å². The molecule has 1 fully saturated rings. The van der Waals surface area contributed by atoms with Crippen LogP contribution in [-0.4, -0.2) is 6.54 Å². The normalized spacial score (nSPS) is 17.8. The summed E-state index contributed by atoms with van der Waals surface area (Å²) < 4.78 is 0. The highest BCUT2D eigenvalue weighted by Gasteiger charge is 2.14. The number of rotatable bonds is 7. The van der Waals surface area contributed by atoms with Gasteiger partial charge in [-0.25, -0.2) is 0 Å². The molecule has 1 N–H and O–H groups in total. The fourth-order valence-corrected chi connectivity index (χ4v) is 3.26. The fraction of sp³-hybridized carbons (Fsp3) is 0.667. The van der Waals surface area contributed by atoms with E-state index in [0.717, 1.165) is 5.92 Å². The van der Waals surface area contributed by atoms with Crippen LogP contribution in [0.25, 0.3) is 0 Å². The van der Waals surface area contributed by atoms with Gasteiger partial charge in [0.1, 0.15) is 0 Å². The number of hydrogen-bond acceptors (Lipinski definition) is 1. The molecule has 0 saturated heterocycles. The molecule has 2 rings (SSSR count). The second kappa shape index (κ2) is 7.69. The van der Waals surface area contributed by atoms with Crippen LogP contribution in [0, 0.1) is 12.8 Å². The predicted octanol–water partition coefficient (Wildman–Crippen LogP) is 5.01. The zero-order chi connectivity index (χ0) is 13.5. The molecule has 0 aromatic heterocycles. The second-order valence-corrected chi connectivity index (χ2v) is 6.12. The van der Waals surface area contributed by atoms with Gasteiger partial charge in [0, 0.05) is 6.04 Å². The topological polar surface area (TPSA) is 12.0 Å². The molecule has 0 spiro atoms. The zero-order valence-electron chi connectivity index (χ0n) is 12.6. The van der Waals surface area contributed by atoms with Gasteiger partial charge in [0.15, 0.2) is 0 Å². The van der Waals surface area contributed by atoms with Crippen LogP contribution < -0.4 is 5.32 Å². The molecule has 0 radical (unpaired) electrons. The zero-order valence-corrected chi connectivity index (χ0v) is 12.6. The van der Waals surface area contributed by atoms with Crippen molar-refractivity contribution in [3.63, 3.8) is 0 Å². The minimum atomic E-state index is 0.532. The minimum Gasteiger partial charge on any atom is -0.310 e. The van der Waals surface area contributed by atoms with Gasteiger partial charge in [-0.1, -0.05) is 62.4 Å². The maximum Gasteiger partial charge on any atom is 0.0317 e. The quantitative estimate of drug-likeness (QED) is 0.679. The summed E-state index contributed by atoms with van der Waals surface area (Å²) in [5.74, 6) is 1.03. The van der Waals surface area contributed by atoms with Gasteiger partial charge in [0.25, 0.3) is 0 Å². The van der Waals surface area contributed by atoms with Crippen LogP contribution >= 0.6 is 0 Å². The molecule has 1 aromatic rings. The molecule has 1 nitrogen and oxygen atoms in total. The van der Waals surface area contributed by atoms with Crippen LogP contribution in [0.5, 0.6) is 0 Å². The lowest BCUT2D eigenvalue weighted by atomic mass is 10.0. The lowest BCUT2D eigenvalue weighted by Gasteiger charge is -2.18. The predicted molar refractivity (Wildman–Crippen MR) is 83.4 cm³/mol. The minimum absolute atomic E-state index is 0.532. The third kappa shape index (κ3) is 4.65. The molecule has 1 unspecified atom stereocenters. The molecule has 1 aromatic carbocycles. The molecule has 0 heterocycles. The average molecular weight is 259 g/mol. The van der Waals surface area contributed by atoms with Crippen molar-refractivity contribution in [2.24, 2.45) is 5.92 Å². The first-order chi connectivity index (χ1) is 9.29. The van der Waals surface area contributed by atoms with Crippen LogP contribution in [0.4, 0.5) is 0 Å². The fourth-order valence-electron chi connectivity index (χ4n) is 3.26. The Morgan fingerprint density at radius 2 is 1.84 bits per heavy atom. The standard InChI is InChI=1S/C18H29N/c1-3-18(17-12-10-15(2)11-13-17)19-14-6-9-16-7-4-5-8-16/h10-13,16,18-19H,3-9,14H2,1-2H3. The smallest absolute Gasteiger partial charge is 0.0317 e. The molecule has 106 valence electrons. The van der Waals surface area contributed by atoms with Crippen molar-refractivity contribution in [3.05, 3.63) is 35.4 Å². The van der Waals surface area contributed by atoms with E-state index in [1.807, 2.05) is 0 Å². The van der Waals surface area contributed by atoms with Crippen LogP contribution in [0.1, 0.15) is 69.0 Å². The van der Waals surface area contributed by atoms with Crippen molar-refractivity contribution < 1.29 is 0 Å². The summed E-state index contributed by atoms with van der Waals surface area (Å²) >= 11 is 0. The Labute approximate surface area is 118 Å². The Morgan fingerprint density at radius 3 is 2.47 bits per heavy atom. The summed E-state index contributed by atoms with van der Waals surface area (Å²) in [6.45, 7) is 5.59. The molecular formula is C18H29N. The third-order valence-corrected chi connectivity index (χ3v) is 4.54. The Kier molecular flexibility index (Phi) is 5.91. The second-order valence-electron chi connectivity index (χ2n) is 6.12. The molecule has 1 saturated carbocycles. The summed E-state index contributed by atoms with van der Waals surface area (Å²) in [5.41, 5.74) is 2.79. The molecule has 19 heavy (non-hydrogen) atoms. The Hall–Kier alpha value is -0.820. The summed E-state index contributed by atoms with van der Waals surface area (Å²) in [6, 6.07) is 9.52. The van der Waals surface area contributed by atoms with Crippen LogP contribution in [0.3, 0.4) is 0 Å². The first kappa shape index (κ1) is 14.6. The van der Waals surface area contributed by atoms with Gasteiger partial charge >= 0.3 is 0 Å². The molecule has 1 heteroatoms. The number of hydrogen-bond donors (Lipinski definition) is 1. The van der Waals surface area contributed by atoms with Gasteiger partial charge < -0.3 is 5.32 Å². The van der Waals surface area contributed by atoms with Gasteiger partial charge in [-0.05, 0) is 44.2 Å². The molecule has 1 aliphatic rings. The monoisotopic (exact) mass is 259 g/mol. The van der Waals surface area contributed by atoms with Gasteiger partial charge in [0.2, 0.25) is 0 Å². The van der Waals surface area contributed by atoms with E-state index in [9.17, 15) is 0 Å². The molecule has 1 aliphatic carbocycles. The van der Waals surface area contributed by atoms with Gasteiger partial charge in [-0.2, -0.15) is 0 Å². The summed E-state index contributed by atoms with van der Waals surface area (Å²) in [5, 5.41) is 3.73. The molecule has 0 bridgehead atoms. The highest BCUT2D eigenvalue weighted by Crippen LogP contribution is 2.28. The first-order valence-electron chi connectivity index (χ1n) is 8.09. The van der Waals surface area contributed by atoms with E-state index in [2.05, 4.69) is 43.4 Å².